The predicted octanol–water partition coefficient (Wildman–Crippen LogP) is 1.38. The van der Waals surface area contributed by atoms with E-state index in [2.05, 4.69) is 5.48 Å². The van der Waals surface area contributed by atoms with Crippen molar-refractivity contribution in [1.82, 2.24) is 5.48 Å². The molecule has 1 amide bonds. The van der Waals surface area contributed by atoms with Crippen LogP contribution in [-0.4, -0.2) is 13.0 Å². The van der Waals surface area contributed by atoms with Crippen LogP contribution in [0, 0.1) is 0 Å². The second kappa shape index (κ2) is 5.97. The molecule has 1 aromatic rings. The van der Waals surface area contributed by atoms with Crippen molar-refractivity contribution in [2.24, 2.45) is 0 Å². The number of benzene rings is 1. The fraction of sp³-hybridized carbons (Fsp3) is 0.100. The zero-order chi connectivity index (χ0) is 9.36. The smallest absolute Gasteiger partial charge is 0.230 e. The summed E-state index contributed by atoms with van der Waals surface area (Å²) >= 11 is 0. The van der Waals surface area contributed by atoms with Crippen LogP contribution in [0.4, 0.5) is 0 Å². The van der Waals surface area contributed by atoms with E-state index in [0.29, 0.717) is 13.0 Å². The minimum Gasteiger partial charge on any atom is -0.277 e. The maximum Gasteiger partial charge on any atom is 0.230 e. The summed E-state index contributed by atoms with van der Waals surface area (Å²) in [4.78, 5) is 14.5. The molecule has 0 aromatic heterocycles. The van der Waals surface area contributed by atoms with Gasteiger partial charge in [0.15, 0.2) is 0 Å². The molecule has 1 aromatic carbocycles. The van der Waals surface area contributed by atoms with Crippen LogP contribution in [0.5, 0.6) is 0 Å². The Hall–Kier alpha value is -1.61. The van der Waals surface area contributed by atoms with Crippen molar-refractivity contribution in [3.8, 4) is 0 Å². The quantitative estimate of drug-likeness (QED) is 0.419. The molecular formula is C10H11NO2. The van der Waals surface area contributed by atoms with Crippen molar-refractivity contribution in [2.45, 2.75) is 0 Å². The molecule has 0 aliphatic heterocycles. The number of nitrogens with one attached hydrogen (secondary N) is 1. The van der Waals surface area contributed by atoms with Gasteiger partial charge in [0.05, 0.1) is 6.61 Å². The fourth-order valence-corrected chi connectivity index (χ4v) is 0.879. The summed E-state index contributed by atoms with van der Waals surface area (Å²) in [7, 11) is 0. The van der Waals surface area contributed by atoms with Crippen LogP contribution in [0.1, 0.15) is 5.56 Å². The van der Waals surface area contributed by atoms with Gasteiger partial charge in [-0.3, -0.25) is 9.63 Å². The van der Waals surface area contributed by atoms with Gasteiger partial charge in [-0.05, 0) is 5.56 Å². The third kappa shape index (κ3) is 4.08. The third-order valence-electron chi connectivity index (χ3n) is 1.42. The van der Waals surface area contributed by atoms with Crippen LogP contribution in [0.25, 0.3) is 6.08 Å². The molecule has 68 valence electrons. The van der Waals surface area contributed by atoms with Crippen molar-refractivity contribution >= 4 is 12.5 Å². The van der Waals surface area contributed by atoms with Crippen molar-refractivity contribution in [3.05, 3.63) is 42.0 Å². The Bertz CT molecular complexity index is 270. The van der Waals surface area contributed by atoms with Gasteiger partial charge in [-0.25, -0.2) is 5.48 Å². The fourth-order valence-electron chi connectivity index (χ4n) is 0.879. The molecule has 1 N–H and O–H groups in total. The Balaban J connectivity index is 2.28. The summed E-state index contributed by atoms with van der Waals surface area (Å²) in [6.45, 7) is 0.369. The standard InChI is InChI=1S/C10H11NO2/c12-9-11-13-8-4-7-10-5-2-1-3-6-10/h1-7,9H,8H2,(H,11,12). The first-order valence-electron chi connectivity index (χ1n) is 3.96. The van der Waals surface area contributed by atoms with E-state index in [-0.39, 0.29) is 0 Å². The van der Waals surface area contributed by atoms with Gasteiger partial charge >= 0.3 is 0 Å². The topological polar surface area (TPSA) is 38.3 Å². The third-order valence-corrected chi connectivity index (χ3v) is 1.42. The Morgan fingerprint density at radius 1 is 1.31 bits per heavy atom. The molecule has 0 unspecified atom stereocenters. The highest BCUT2D eigenvalue weighted by Gasteiger charge is 1.82. The van der Waals surface area contributed by atoms with Gasteiger partial charge in [0.2, 0.25) is 6.41 Å². The molecule has 0 bridgehead atoms. The highest BCUT2D eigenvalue weighted by atomic mass is 16.6. The van der Waals surface area contributed by atoms with Gasteiger partial charge < -0.3 is 0 Å². The maximum absolute atomic E-state index is 9.78. The summed E-state index contributed by atoms with van der Waals surface area (Å²) in [5, 5.41) is 0. The summed E-state index contributed by atoms with van der Waals surface area (Å²) in [6.07, 6.45) is 4.24. The molecule has 0 saturated carbocycles. The second-order valence-electron chi connectivity index (χ2n) is 2.36. The van der Waals surface area contributed by atoms with Gasteiger partial charge in [-0.2, -0.15) is 0 Å². The van der Waals surface area contributed by atoms with Crippen molar-refractivity contribution < 1.29 is 9.63 Å². The van der Waals surface area contributed by atoms with Crippen LogP contribution < -0.4 is 5.48 Å². The molecule has 0 atom stereocenters. The van der Waals surface area contributed by atoms with Crippen molar-refractivity contribution in [2.75, 3.05) is 6.61 Å². The van der Waals surface area contributed by atoms with Gasteiger partial charge in [-0.1, -0.05) is 42.5 Å². The van der Waals surface area contributed by atoms with Gasteiger partial charge in [0.1, 0.15) is 0 Å². The van der Waals surface area contributed by atoms with E-state index >= 15 is 0 Å². The van der Waals surface area contributed by atoms with Crippen LogP contribution in [0.15, 0.2) is 36.4 Å². The van der Waals surface area contributed by atoms with Crippen molar-refractivity contribution in [1.29, 1.82) is 0 Å². The van der Waals surface area contributed by atoms with Gasteiger partial charge in [0.25, 0.3) is 0 Å². The lowest BCUT2D eigenvalue weighted by atomic mass is 10.2. The Kier molecular flexibility index (Phi) is 4.35. The summed E-state index contributed by atoms with van der Waals surface area (Å²) in [5.74, 6) is 0. The lowest BCUT2D eigenvalue weighted by Crippen LogP contribution is -2.10. The normalized spacial score (nSPS) is 10.2. The SMILES string of the molecule is O=CNOCC=Cc1ccccc1. The lowest BCUT2D eigenvalue weighted by molar-refractivity contribution is -0.119. The molecule has 3 nitrogen and oxygen atoms in total. The van der Waals surface area contributed by atoms with Gasteiger partial charge in [-0.15, -0.1) is 0 Å². The van der Waals surface area contributed by atoms with Gasteiger partial charge in [0, 0.05) is 0 Å². The molecule has 0 radical (unpaired) electrons. The first-order valence-corrected chi connectivity index (χ1v) is 3.96. The molecule has 0 saturated heterocycles. The summed E-state index contributed by atoms with van der Waals surface area (Å²) < 4.78 is 0. The molecule has 3 heteroatoms. The first-order chi connectivity index (χ1) is 6.43. The monoisotopic (exact) mass is 177 g/mol. The lowest BCUT2D eigenvalue weighted by Gasteiger charge is -1.94. The largest absolute Gasteiger partial charge is 0.277 e. The zero-order valence-corrected chi connectivity index (χ0v) is 7.14. The van der Waals surface area contributed by atoms with E-state index in [0.717, 1.165) is 5.56 Å². The summed E-state index contributed by atoms with van der Waals surface area (Å²) in [5.41, 5.74) is 3.21. The number of amides is 1. The molecule has 13 heavy (non-hydrogen) atoms. The van der Waals surface area contributed by atoms with E-state index in [4.69, 9.17) is 4.84 Å². The highest BCUT2D eigenvalue weighted by Crippen LogP contribution is 1.99. The number of hydrogen-bond acceptors (Lipinski definition) is 2. The Morgan fingerprint density at radius 3 is 2.77 bits per heavy atom. The zero-order valence-electron chi connectivity index (χ0n) is 7.14. The van der Waals surface area contributed by atoms with Crippen LogP contribution >= 0.6 is 0 Å². The number of hydroxylamine groups is 1. The number of carbonyl (C=O) groups excluding carboxylic acids is 1. The molecule has 0 fully saturated rings. The van der Waals surface area contributed by atoms with E-state index < -0.39 is 0 Å². The summed E-state index contributed by atoms with van der Waals surface area (Å²) in [6, 6.07) is 9.86. The average molecular weight is 177 g/mol. The predicted molar refractivity (Wildman–Crippen MR) is 50.6 cm³/mol. The van der Waals surface area contributed by atoms with E-state index in [1.807, 2.05) is 42.5 Å². The minimum atomic E-state index is 0.369. The van der Waals surface area contributed by atoms with E-state index in [9.17, 15) is 4.79 Å². The maximum atomic E-state index is 9.78. The minimum absolute atomic E-state index is 0.369. The molecule has 0 aliphatic rings. The number of carbonyl (C=O) groups is 1. The highest BCUT2D eigenvalue weighted by molar-refractivity contribution is 5.48. The number of hydrogen-bond donors (Lipinski definition) is 1. The molecule has 1 rings (SSSR count). The molecule has 0 heterocycles. The van der Waals surface area contributed by atoms with Crippen LogP contribution in [0.2, 0.25) is 0 Å². The Morgan fingerprint density at radius 2 is 2.08 bits per heavy atom. The Labute approximate surface area is 77.0 Å². The molecule has 0 spiro atoms. The van der Waals surface area contributed by atoms with E-state index in [1.54, 1.807) is 0 Å². The molecule has 0 aliphatic carbocycles. The second-order valence-corrected chi connectivity index (χ2v) is 2.36. The van der Waals surface area contributed by atoms with Crippen LogP contribution in [0.3, 0.4) is 0 Å². The first kappa shape index (κ1) is 9.48. The number of rotatable bonds is 5. The van der Waals surface area contributed by atoms with E-state index in [1.165, 1.54) is 0 Å². The average Bonchev–Trinajstić information content (AvgIpc) is 2.19. The van der Waals surface area contributed by atoms with Crippen molar-refractivity contribution in [3.63, 3.8) is 0 Å². The molecular weight excluding hydrogens is 166 g/mol. The van der Waals surface area contributed by atoms with Crippen LogP contribution in [-0.2, 0) is 9.63 Å².